The highest BCUT2D eigenvalue weighted by Crippen LogP contribution is 2.30. The maximum absolute atomic E-state index is 6.36. The second kappa shape index (κ2) is 6.83. The molecule has 0 aromatic heterocycles. The topological polar surface area (TPSA) is 35.2 Å². The van der Waals surface area contributed by atoms with Crippen molar-refractivity contribution in [2.45, 2.75) is 37.0 Å². The lowest BCUT2D eigenvalue weighted by Gasteiger charge is -2.27. The van der Waals surface area contributed by atoms with Gasteiger partial charge in [-0.1, -0.05) is 22.4 Å². The number of rotatable bonds is 4. The molecule has 0 saturated carbocycles. The van der Waals surface area contributed by atoms with E-state index in [1.807, 2.05) is 23.9 Å². The van der Waals surface area contributed by atoms with E-state index in [4.69, 9.17) is 10.5 Å². The van der Waals surface area contributed by atoms with Crippen molar-refractivity contribution in [3.63, 3.8) is 0 Å². The van der Waals surface area contributed by atoms with E-state index in [0.29, 0.717) is 5.25 Å². The van der Waals surface area contributed by atoms with Crippen LogP contribution in [0.3, 0.4) is 0 Å². The number of thioether (sulfide) groups is 1. The van der Waals surface area contributed by atoms with Gasteiger partial charge < -0.3 is 10.5 Å². The van der Waals surface area contributed by atoms with Gasteiger partial charge in [-0.25, -0.2) is 0 Å². The van der Waals surface area contributed by atoms with Crippen LogP contribution in [0.15, 0.2) is 22.7 Å². The fraction of sp³-hybridized carbons (Fsp3) is 0.571. The molecular formula is C14H20BrNOS. The summed E-state index contributed by atoms with van der Waals surface area (Å²) < 4.78 is 6.49. The van der Waals surface area contributed by atoms with Crippen molar-refractivity contribution in [1.82, 2.24) is 0 Å². The summed E-state index contributed by atoms with van der Waals surface area (Å²) in [5.74, 6) is 2.20. The first-order chi connectivity index (χ1) is 8.70. The standard InChI is InChI=1S/C14H20BrNOS/c1-17-13-6-5-11(15)8-10(13)9-12(16)14-4-2-3-7-18-14/h5-6,8,12,14H,2-4,7,9,16H2,1H3. The van der Waals surface area contributed by atoms with Gasteiger partial charge in [0.1, 0.15) is 5.75 Å². The highest BCUT2D eigenvalue weighted by atomic mass is 79.9. The minimum Gasteiger partial charge on any atom is -0.496 e. The van der Waals surface area contributed by atoms with Crippen LogP contribution in [0, 0.1) is 0 Å². The molecule has 0 amide bonds. The number of hydrogen-bond acceptors (Lipinski definition) is 3. The molecule has 4 heteroatoms. The van der Waals surface area contributed by atoms with Crippen LogP contribution in [0.2, 0.25) is 0 Å². The molecule has 2 N–H and O–H groups in total. The van der Waals surface area contributed by atoms with E-state index in [1.54, 1.807) is 7.11 Å². The number of ether oxygens (including phenoxy) is 1. The van der Waals surface area contributed by atoms with E-state index >= 15 is 0 Å². The maximum Gasteiger partial charge on any atom is 0.122 e. The third kappa shape index (κ3) is 3.65. The number of halogens is 1. The summed E-state index contributed by atoms with van der Waals surface area (Å²) in [4.78, 5) is 0. The van der Waals surface area contributed by atoms with Crippen LogP contribution in [0.1, 0.15) is 24.8 Å². The van der Waals surface area contributed by atoms with Gasteiger partial charge >= 0.3 is 0 Å². The summed E-state index contributed by atoms with van der Waals surface area (Å²) in [5.41, 5.74) is 7.56. The van der Waals surface area contributed by atoms with Crippen LogP contribution in [0.25, 0.3) is 0 Å². The van der Waals surface area contributed by atoms with Gasteiger partial charge in [0.25, 0.3) is 0 Å². The van der Waals surface area contributed by atoms with E-state index < -0.39 is 0 Å². The molecule has 1 aliphatic rings. The molecule has 0 radical (unpaired) electrons. The van der Waals surface area contributed by atoms with Crippen LogP contribution < -0.4 is 10.5 Å². The van der Waals surface area contributed by atoms with E-state index in [-0.39, 0.29) is 6.04 Å². The van der Waals surface area contributed by atoms with E-state index in [2.05, 4.69) is 22.0 Å². The first-order valence-corrected chi connectivity index (χ1v) is 8.24. The molecule has 0 bridgehead atoms. The monoisotopic (exact) mass is 329 g/mol. The molecule has 0 spiro atoms. The molecule has 2 unspecified atom stereocenters. The third-order valence-corrected chi connectivity index (χ3v) is 5.42. The van der Waals surface area contributed by atoms with Crippen molar-refractivity contribution < 1.29 is 4.74 Å². The minimum absolute atomic E-state index is 0.221. The van der Waals surface area contributed by atoms with Crippen LogP contribution in [-0.4, -0.2) is 24.2 Å². The van der Waals surface area contributed by atoms with Crippen LogP contribution in [0.5, 0.6) is 5.75 Å². The Hall–Kier alpha value is -0.190. The Morgan fingerprint density at radius 1 is 1.50 bits per heavy atom. The molecular weight excluding hydrogens is 310 g/mol. The normalized spacial score (nSPS) is 21.6. The average Bonchev–Trinajstić information content (AvgIpc) is 2.40. The van der Waals surface area contributed by atoms with E-state index in [9.17, 15) is 0 Å². The summed E-state index contributed by atoms with van der Waals surface area (Å²) in [6.07, 6.45) is 4.80. The van der Waals surface area contributed by atoms with Crippen molar-refractivity contribution in [3.05, 3.63) is 28.2 Å². The lowest BCUT2D eigenvalue weighted by atomic mass is 9.99. The molecule has 0 aliphatic carbocycles. The van der Waals surface area contributed by atoms with Crippen LogP contribution >= 0.6 is 27.7 Å². The highest BCUT2D eigenvalue weighted by molar-refractivity contribution is 9.10. The maximum atomic E-state index is 6.36. The SMILES string of the molecule is COc1ccc(Br)cc1CC(N)C1CCCCS1. The summed E-state index contributed by atoms with van der Waals surface area (Å²) in [6.45, 7) is 0. The third-order valence-electron chi connectivity index (χ3n) is 3.39. The fourth-order valence-corrected chi connectivity index (χ4v) is 4.15. The van der Waals surface area contributed by atoms with E-state index in [1.165, 1.54) is 30.6 Å². The summed E-state index contributed by atoms with van der Waals surface area (Å²) in [6, 6.07) is 6.34. The smallest absolute Gasteiger partial charge is 0.122 e. The molecule has 2 nitrogen and oxygen atoms in total. The second-order valence-corrected chi connectivity index (χ2v) is 6.99. The molecule has 1 fully saturated rings. The Balaban J connectivity index is 2.05. The molecule has 1 aromatic carbocycles. The van der Waals surface area contributed by atoms with Gasteiger partial charge in [0, 0.05) is 15.8 Å². The lowest BCUT2D eigenvalue weighted by Crippen LogP contribution is -2.36. The van der Waals surface area contributed by atoms with Gasteiger partial charge in [-0.05, 0) is 48.8 Å². The molecule has 2 rings (SSSR count). The Morgan fingerprint density at radius 3 is 3.00 bits per heavy atom. The van der Waals surface area contributed by atoms with E-state index in [0.717, 1.165) is 16.6 Å². The Labute approximate surface area is 122 Å². The number of methoxy groups -OCH3 is 1. The van der Waals surface area contributed by atoms with Gasteiger partial charge in [0.2, 0.25) is 0 Å². The molecule has 2 atom stereocenters. The first kappa shape index (κ1) is 14.2. The Morgan fingerprint density at radius 2 is 2.33 bits per heavy atom. The summed E-state index contributed by atoms with van der Waals surface area (Å²) in [5, 5.41) is 0.599. The molecule has 1 heterocycles. The van der Waals surface area contributed by atoms with Crippen molar-refractivity contribution in [2.75, 3.05) is 12.9 Å². The molecule has 1 aromatic rings. The average molecular weight is 330 g/mol. The predicted octanol–water partition coefficient (Wildman–Crippen LogP) is 3.61. The zero-order valence-electron chi connectivity index (χ0n) is 10.7. The lowest BCUT2D eigenvalue weighted by molar-refractivity contribution is 0.407. The minimum atomic E-state index is 0.221. The number of nitrogens with two attached hydrogens (primary N) is 1. The van der Waals surface area contributed by atoms with Gasteiger partial charge in [0.15, 0.2) is 0 Å². The zero-order chi connectivity index (χ0) is 13.0. The van der Waals surface area contributed by atoms with Gasteiger partial charge in [-0.15, -0.1) is 0 Å². The van der Waals surface area contributed by atoms with Gasteiger partial charge in [-0.2, -0.15) is 11.8 Å². The van der Waals surface area contributed by atoms with Gasteiger partial charge in [0.05, 0.1) is 7.11 Å². The molecule has 1 saturated heterocycles. The fourth-order valence-electron chi connectivity index (χ4n) is 2.40. The quantitative estimate of drug-likeness (QED) is 0.916. The number of hydrogen-bond donors (Lipinski definition) is 1. The van der Waals surface area contributed by atoms with Gasteiger partial charge in [-0.3, -0.25) is 0 Å². The predicted molar refractivity (Wildman–Crippen MR) is 82.5 cm³/mol. The first-order valence-electron chi connectivity index (χ1n) is 6.40. The highest BCUT2D eigenvalue weighted by Gasteiger charge is 2.22. The Bertz CT molecular complexity index is 393. The zero-order valence-corrected chi connectivity index (χ0v) is 13.1. The molecule has 1 aliphatic heterocycles. The van der Waals surface area contributed by atoms with Crippen molar-refractivity contribution in [1.29, 1.82) is 0 Å². The van der Waals surface area contributed by atoms with Crippen LogP contribution in [-0.2, 0) is 6.42 Å². The largest absolute Gasteiger partial charge is 0.496 e. The number of benzene rings is 1. The molecule has 100 valence electrons. The summed E-state index contributed by atoms with van der Waals surface area (Å²) in [7, 11) is 1.72. The van der Waals surface area contributed by atoms with Crippen molar-refractivity contribution >= 4 is 27.7 Å². The van der Waals surface area contributed by atoms with Crippen molar-refractivity contribution in [3.8, 4) is 5.75 Å². The van der Waals surface area contributed by atoms with Crippen LogP contribution in [0.4, 0.5) is 0 Å². The summed E-state index contributed by atoms with van der Waals surface area (Å²) >= 11 is 5.54. The molecule has 18 heavy (non-hydrogen) atoms. The Kier molecular flexibility index (Phi) is 5.39. The second-order valence-electron chi connectivity index (χ2n) is 4.73. The van der Waals surface area contributed by atoms with Crippen molar-refractivity contribution in [2.24, 2.45) is 5.73 Å².